The molecule has 0 radical (unpaired) electrons. The van der Waals surface area contributed by atoms with Crippen molar-refractivity contribution < 1.29 is 19.1 Å². The van der Waals surface area contributed by atoms with E-state index < -0.39 is 5.97 Å². The number of hydrogen-bond donors (Lipinski definition) is 1. The first-order valence-corrected chi connectivity index (χ1v) is 7.79. The molecule has 6 nitrogen and oxygen atoms in total. The number of urea groups is 1. The normalized spacial score (nSPS) is 13.5. The predicted octanol–water partition coefficient (Wildman–Crippen LogP) is 2.67. The molecule has 0 heterocycles. The van der Waals surface area contributed by atoms with Gasteiger partial charge in [-0.1, -0.05) is 6.07 Å². The van der Waals surface area contributed by atoms with Gasteiger partial charge in [0, 0.05) is 25.9 Å². The lowest BCUT2D eigenvalue weighted by atomic mass is 10.1. The van der Waals surface area contributed by atoms with Crippen molar-refractivity contribution in [1.82, 2.24) is 4.90 Å². The second kappa shape index (κ2) is 7.97. The molecule has 1 N–H and O–H groups in total. The van der Waals surface area contributed by atoms with Crippen LogP contribution in [-0.2, 0) is 9.47 Å². The number of carbonyl (C=O) groups is 2. The van der Waals surface area contributed by atoms with Crippen molar-refractivity contribution in [3.63, 3.8) is 0 Å². The quantitative estimate of drug-likeness (QED) is 0.784. The Kier molecular flexibility index (Phi) is 5.98. The van der Waals surface area contributed by atoms with E-state index in [1.54, 1.807) is 30.2 Å². The predicted molar refractivity (Wildman–Crippen MR) is 87.7 cm³/mol. The van der Waals surface area contributed by atoms with Gasteiger partial charge in [-0.25, -0.2) is 9.59 Å². The van der Waals surface area contributed by atoms with Crippen LogP contribution < -0.4 is 5.32 Å². The fraction of sp³-hybridized carbons (Fsp3) is 0.529. The molecule has 2 amide bonds. The van der Waals surface area contributed by atoms with Crippen molar-refractivity contribution in [2.45, 2.75) is 19.8 Å². The molecule has 1 aromatic carbocycles. The highest BCUT2D eigenvalue weighted by Gasteiger charge is 2.27. The second-order valence-electron chi connectivity index (χ2n) is 5.83. The van der Waals surface area contributed by atoms with E-state index >= 15 is 0 Å². The van der Waals surface area contributed by atoms with E-state index in [4.69, 9.17) is 9.47 Å². The molecule has 0 saturated heterocycles. The van der Waals surface area contributed by atoms with Crippen LogP contribution in [-0.4, -0.2) is 50.8 Å². The number of methoxy groups -OCH3 is 2. The highest BCUT2D eigenvalue weighted by atomic mass is 16.5. The van der Waals surface area contributed by atoms with Crippen LogP contribution in [0.2, 0.25) is 0 Å². The number of ether oxygens (including phenoxy) is 2. The molecule has 23 heavy (non-hydrogen) atoms. The Balaban J connectivity index is 2.08. The molecule has 126 valence electrons. The topological polar surface area (TPSA) is 67.9 Å². The molecule has 0 aliphatic heterocycles. The molecule has 1 aromatic rings. The fourth-order valence-electron chi connectivity index (χ4n) is 2.29. The molecule has 1 saturated carbocycles. The number of carbonyl (C=O) groups excluding carboxylic acids is 2. The Morgan fingerprint density at radius 3 is 2.65 bits per heavy atom. The van der Waals surface area contributed by atoms with Gasteiger partial charge in [-0.05, 0) is 43.4 Å². The highest BCUT2D eigenvalue weighted by Crippen LogP contribution is 2.30. The zero-order chi connectivity index (χ0) is 16.8. The lowest BCUT2D eigenvalue weighted by Gasteiger charge is -2.23. The molecular formula is C17H24N2O4. The van der Waals surface area contributed by atoms with Crippen molar-refractivity contribution >= 4 is 17.7 Å². The molecule has 6 heteroatoms. The summed E-state index contributed by atoms with van der Waals surface area (Å²) in [6.45, 7) is 3.68. The summed E-state index contributed by atoms with van der Waals surface area (Å²) in [6, 6.07) is 4.95. The standard InChI is InChI=1S/C17H24N2O4/c1-12-4-7-14(16(20)23-3)10-15(12)18-17(21)19(8-9-22-2)11-13-5-6-13/h4,7,10,13H,5-6,8-9,11H2,1-3H3,(H,18,21). The number of benzene rings is 1. The summed E-state index contributed by atoms with van der Waals surface area (Å²) in [5.74, 6) is 0.176. The Labute approximate surface area is 136 Å². The molecular weight excluding hydrogens is 296 g/mol. The van der Waals surface area contributed by atoms with Gasteiger partial charge in [0.1, 0.15) is 0 Å². The second-order valence-corrected chi connectivity index (χ2v) is 5.83. The van der Waals surface area contributed by atoms with Crippen LogP contribution in [0.1, 0.15) is 28.8 Å². The number of anilines is 1. The number of hydrogen-bond acceptors (Lipinski definition) is 4. The van der Waals surface area contributed by atoms with Gasteiger partial charge in [-0.15, -0.1) is 0 Å². The summed E-state index contributed by atoms with van der Waals surface area (Å²) < 4.78 is 9.80. The van der Waals surface area contributed by atoms with Gasteiger partial charge in [0.15, 0.2) is 0 Å². The zero-order valence-electron chi connectivity index (χ0n) is 13.9. The Hall–Kier alpha value is -2.08. The third kappa shape index (κ3) is 4.96. The smallest absolute Gasteiger partial charge is 0.337 e. The van der Waals surface area contributed by atoms with Crippen molar-refractivity contribution in [3.8, 4) is 0 Å². The molecule has 0 spiro atoms. The summed E-state index contributed by atoms with van der Waals surface area (Å²) in [5, 5.41) is 2.90. The molecule has 1 fully saturated rings. The van der Waals surface area contributed by atoms with E-state index in [-0.39, 0.29) is 6.03 Å². The van der Waals surface area contributed by atoms with Crippen LogP contribution in [0.3, 0.4) is 0 Å². The van der Waals surface area contributed by atoms with E-state index in [9.17, 15) is 9.59 Å². The van der Waals surface area contributed by atoms with Crippen LogP contribution in [0, 0.1) is 12.8 Å². The summed E-state index contributed by atoms with van der Waals surface area (Å²) in [4.78, 5) is 25.9. The largest absolute Gasteiger partial charge is 0.465 e. The molecule has 0 unspecified atom stereocenters. The lowest BCUT2D eigenvalue weighted by Crippen LogP contribution is -2.38. The van der Waals surface area contributed by atoms with Crippen LogP contribution >= 0.6 is 0 Å². The maximum absolute atomic E-state index is 12.5. The average Bonchev–Trinajstić information content (AvgIpc) is 3.36. The SMILES string of the molecule is COCCN(CC1CC1)C(=O)Nc1cc(C(=O)OC)ccc1C. The van der Waals surface area contributed by atoms with Crippen LogP contribution in [0.5, 0.6) is 0 Å². The monoisotopic (exact) mass is 320 g/mol. The Morgan fingerprint density at radius 2 is 2.04 bits per heavy atom. The average molecular weight is 320 g/mol. The van der Waals surface area contributed by atoms with Crippen molar-refractivity contribution in [2.24, 2.45) is 5.92 Å². The van der Waals surface area contributed by atoms with Gasteiger partial charge in [0.25, 0.3) is 0 Å². The van der Waals surface area contributed by atoms with E-state index in [1.807, 2.05) is 6.92 Å². The van der Waals surface area contributed by atoms with Crippen LogP contribution in [0.25, 0.3) is 0 Å². The van der Waals surface area contributed by atoms with E-state index in [2.05, 4.69) is 5.32 Å². The first kappa shape index (κ1) is 17.3. The Bertz CT molecular complexity index is 570. The van der Waals surface area contributed by atoms with Crippen molar-refractivity contribution in [2.75, 3.05) is 39.2 Å². The summed E-state index contributed by atoms with van der Waals surface area (Å²) in [6.07, 6.45) is 2.35. The lowest BCUT2D eigenvalue weighted by molar-refractivity contribution is 0.0600. The van der Waals surface area contributed by atoms with Crippen molar-refractivity contribution in [3.05, 3.63) is 29.3 Å². The summed E-state index contributed by atoms with van der Waals surface area (Å²) in [5.41, 5.74) is 1.93. The molecule has 1 aliphatic carbocycles. The molecule has 0 bridgehead atoms. The van der Waals surface area contributed by atoms with Gasteiger partial charge in [0.2, 0.25) is 0 Å². The van der Waals surface area contributed by atoms with E-state index in [0.29, 0.717) is 30.3 Å². The van der Waals surface area contributed by atoms with E-state index in [0.717, 1.165) is 12.1 Å². The molecule has 0 aromatic heterocycles. The zero-order valence-corrected chi connectivity index (χ0v) is 13.9. The number of aryl methyl sites for hydroxylation is 1. The molecule has 1 aliphatic rings. The minimum absolute atomic E-state index is 0.168. The third-order valence-electron chi connectivity index (χ3n) is 3.93. The van der Waals surface area contributed by atoms with E-state index in [1.165, 1.54) is 20.0 Å². The fourth-order valence-corrected chi connectivity index (χ4v) is 2.29. The maximum atomic E-state index is 12.5. The van der Waals surface area contributed by atoms with Gasteiger partial charge in [-0.2, -0.15) is 0 Å². The number of nitrogens with one attached hydrogen (secondary N) is 1. The van der Waals surface area contributed by atoms with Gasteiger partial charge >= 0.3 is 12.0 Å². The number of nitrogens with zero attached hydrogens (tertiary/aromatic N) is 1. The summed E-state index contributed by atoms with van der Waals surface area (Å²) >= 11 is 0. The molecule has 2 rings (SSSR count). The minimum Gasteiger partial charge on any atom is -0.465 e. The maximum Gasteiger partial charge on any atom is 0.337 e. The number of amides is 2. The first-order valence-electron chi connectivity index (χ1n) is 7.79. The van der Waals surface area contributed by atoms with Crippen molar-refractivity contribution in [1.29, 1.82) is 0 Å². The van der Waals surface area contributed by atoms with Gasteiger partial charge in [-0.3, -0.25) is 0 Å². The molecule has 0 atom stereocenters. The minimum atomic E-state index is -0.422. The van der Waals surface area contributed by atoms with Crippen LogP contribution in [0.15, 0.2) is 18.2 Å². The third-order valence-corrected chi connectivity index (χ3v) is 3.93. The number of esters is 1. The first-order chi connectivity index (χ1) is 11.0. The van der Waals surface area contributed by atoms with Crippen LogP contribution in [0.4, 0.5) is 10.5 Å². The number of rotatable bonds is 7. The van der Waals surface area contributed by atoms with Gasteiger partial charge < -0.3 is 19.7 Å². The van der Waals surface area contributed by atoms with Gasteiger partial charge in [0.05, 0.1) is 19.3 Å². The summed E-state index contributed by atoms with van der Waals surface area (Å²) in [7, 11) is 2.96. The highest BCUT2D eigenvalue weighted by molar-refractivity contribution is 5.94. The Morgan fingerprint density at radius 1 is 1.30 bits per heavy atom.